The monoisotopic (exact) mass is 567 g/mol. The summed E-state index contributed by atoms with van der Waals surface area (Å²) in [6.07, 6.45) is -0.430. The average Bonchev–Trinajstić information content (AvgIpc) is 3.05. The molecule has 1 fully saturated rings. The van der Waals surface area contributed by atoms with E-state index in [1.165, 1.54) is 6.92 Å². The molecule has 10 heteroatoms. The van der Waals surface area contributed by atoms with Crippen molar-refractivity contribution in [3.8, 4) is 17.2 Å². The number of para-hydroxylation sites is 1. The lowest BCUT2D eigenvalue weighted by atomic mass is 9.70. The minimum absolute atomic E-state index is 0.0626. The topological polar surface area (TPSA) is 120 Å². The first kappa shape index (κ1) is 29.0. The van der Waals surface area contributed by atoms with E-state index in [1.807, 2.05) is 51.1 Å². The van der Waals surface area contributed by atoms with Gasteiger partial charge in [-0.3, -0.25) is 9.59 Å². The Bertz CT molecular complexity index is 1350. The highest BCUT2D eigenvalue weighted by molar-refractivity contribution is 6.05. The first-order chi connectivity index (χ1) is 19.5. The second-order valence-electron chi connectivity index (χ2n) is 12.3. The molecule has 2 aromatic carbocycles. The number of rotatable bonds is 6. The number of ether oxygens (including phenoxy) is 4. The van der Waals surface area contributed by atoms with E-state index in [0.717, 1.165) is 0 Å². The molecule has 3 aliphatic rings. The summed E-state index contributed by atoms with van der Waals surface area (Å²) in [5.74, 6) is -0.320. The molecule has 41 heavy (non-hydrogen) atoms. The Labute approximate surface area is 240 Å². The summed E-state index contributed by atoms with van der Waals surface area (Å²) in [6, 6.07) is 10.2. The Hall–Kier alpha value is -3.47. The van der Waals surface area contributed by atoms with Crippen molar-refractivity contribution in [2.45, 2.75) is 46.3 Å². The summed E-state index contributed by atoms with van der Waals surface area (Å²) in [7, 11) is 1.57. The van der Waals surface area contributed by atoms with Gasteiger partial charge in [-0.2, -0.15) is 0 Å². The van der Waals surface area contributed by atoms with E-state index < -0.39 is 34.7 Å². The van der Waals surface area contributed by atoms with Gasteiger partial charge in [0.1, 0.15) is 36.8 Å². The van der Waals surface area contributed by atoms with Gasteiger partial charge in [0.2, 0.25) is 0 Å². The molecule has 10 nitrogen and oxygen atoms in total. The van der Waals surface area contributed by atoms with Gasteiger partial charge in [-0.25, -0.2) is 9.28 Å². The summed E-state index contributed by atoms with van der Waals surface area (Å²) >= 11 is 0. The number of nitrogens with zero attached hydrogens (tertiary/aromatic N) is 1. The maximum absolute atomic E-state index is 14.7. The predicted molar refractivity (Wildman–Crippen MR) is 151 cm³/mol. The van der Waals surface area contributed by atoms with Crippen LogP contribution in [0.5, 0.6) is 17.2 Å². The third-order valence-corrected chi connectivity index (χ3v) is 8.48. The number of carboxylic acids is 1. The fourth-order valence-corrected chi connectivity index (χ4v) is 6.87. The minimum Gasteiger partial charge on any atom is -0.497 e. The number of nitrogens with one attached hydrogen (secondary N) is 1. The Morgan fingerprint density at radius 3 is 2.59 bits per heavy atom. The molecule has 0 radical (unpaired) electrons. The van der Waals surface area contributed by atoms with Crippen molar-refractivity contribution in [3.63, 3.8) is 0 Å². The Balaban J connectivity index is 1.83. The first-order valence-corrected chi connectivity index (χ1v) is 14.0. The number of benzene rings is 2. The molecular formula is C31H39N2O8+. The minimum atomic E-state index is -1.82. The van der Waals surface area contributed by atoms with Crippen molar-refractivity contribution in [1.29, 1.82) is 0 Å². The van der Waals surface area contributed by atoms with Gasteiger partial charge < -0.3 is 29.4 Å². The van der Waals surface area contributed by atoms with E-state index in [4.69, 9.17) is 18.9 Å². The fraction of sp³-hybridized carbons (Fsp3) is 0.516. The van der Waals surface area contributed by atoms with E-state index in [2.05, 4.69) is 5.32 Å². The van der Waals surface area contributed by atoms with Crippen molar-refractivity contribution in [3.05, 3.63) is 47.5 Å². The molecule has 4 atom stereocenters. The third kappa shape index (κ3) is 4.77. The molecule has 3 aliphatic heterocycles. The highest BCUT2D eigenvalue weighted by Crippen LogP contribution is 2.51. The normalized spacial score (nSPS) is 27.9. The average molecular weight is 568 g/mol. The van der Waals surface area contributed by atoms with Gasteiger partial charge in [-0.05, 0) is 25.1 Å². The van der Waals surface area contributed by atoms with Gasteiger partial charge in [-0.15, -0.1) is 0 Å². The van der Waals surface area contributed by atoms with E-state index in [9.17, 15) is 19.5 Å². The Morgan fingerprint density at radius 1 is 1.15 bits per heavy atom. The maximum atomic E-state index is 14.7. The molecule has 220 valence electrons. The number of ketones is 1. The number of fused-ring (bicyclic) bond motifs is 2. The SMILES string of the molecule is COc1ccc2c(c1)C(c1cccc3c1OCCO3)OCC(=O)[N+]2(CC(C)(C)C)[C@@H]1CCNC[C@@]1(C(C)=O)C(=O)O. The summed E-state index contributed by atoms with van der Waals surface area (Å²) in [6.45, 7) is 8.54. The van der Waals surface area contributed by atoms with Crippen LogP contribution in [0.1, 0.15) is 51.3 Å². The number of hydrogen-bond donors (Lipinski definition) is 2. The molecule has 5 rings (SSSR count). The lowest BCUT2D eigenvalue weighted by Crippen LogP contribution is -2.75. The molecule has 1 saturated heterocycles. The van der Waals surface area contributed by atoms with Crippen LogP contribution in [-0.4, -0.2) is 75.4 Å². The zero-order valence-electron chi connectivity index (χ0n) is 24.3. The Morgan fingerprint density at radius 2 is 1.90 bits per heavy atom. The number of carbonyl (C=O) groups is 3. The van der Waals surface area contributed by atoms with E-state index >= 15 is 0 Å². The molecule has 0 aliphatic carbocycles. The number of quaternary nitrogens is 1. The molecule has 2 aromatic rings. The van der Waals surface area contributed by atoms with Crippen LogP contribution in [-0.2, 0) is 19.1 Å². The molecule has 0 spiro atoms. The van der Waals surface area contributed by atoms with Crippen LogP contribution in [0.3, 0.4) is 0 Å². The molecule has 0 bridgehead atoms. The first-order valence-electron chi connectivity index (χ1n) is 14.0. The van der Waals surface area contributed by atoms with Crippen LogP contribution in [0.4, 0.5) is 5.69 Å². The van der Waals surface area contributed by atoms with Crippen molar-refractivity contribution in [1.82, 2.24) is 9.80 Å². The zero-order valence-corrected chi connectivity index (χ0v) is 24.3. The number of Topliss-reactive ketones (excluding diaryl/α,β-unsaturated/α-hetero) is 1. The van der Waals surface area contributed by atoms with Gasteiger partial charge in [0.25, 0.3) is 0 Å². The Kier molecular flexibility index (Phi) is 7.61. The second-order valence-corrected chi connectivity index (χ2v) is 12.3. The van der Waals surface area contributed by atoms with Crippen LogP contribution in [0, 0.1) is 10.8 Å². The van der Waals surface area contributed by atoms with Crippen molar-refractivity contribution in [2.24, 2.45) is 10.8 Å². The third-order valence-electron chi connectivity index (χ3n) is 8.48. The highest BCUT2D eigenvalue weighted by Gasteiger charge is 2.65. The second kappa shape index (κ2) is 10.7. The standard InChI is InChI=1S/C31H38N2O8/c1-19(34)31(29(36)37)17-32-12-11-25(31)33(18-30(2,3)4)23-10-9-20(38-5)15-22(23)27(41-16-26(33)35)21-7-6-8-24-28(21)40-14-13-39-24/h6-10,15,25,27,32H,11-14,16-18H2,1-5H3/p+1/t25-,27?,31+,33?/m1/s1. The maximum Gasteiger partial charge on any atom is 0.344 e. The van der Waals surface area contributed by atoms with Gasteiger partial charge in [-0.1, -0.05) is 32.9 Å². The van der Waals surface area contributed by atoms with Gasteiger partial charge in [0, 0.05) is 36.6 Å². The number of carboxylic acid groups (broad SMARTS) is 1. The van der Waals surface area contributed by atoms with Gasteiger partial charge >= 0.3 is 11.9 Å². The molecule has 3 heterocycles. The van der Waals surface area contributed by atoms with Gasteiger partial charge in [0.05, 0.1) is 19.2 Å². The predicted octanol–water partition coefficient (Wildman–Crippen LogP) is 3.49. The fourth-order valence-electron chi connectivity index (χ4n) is 6.87. The number of amides is 1. The number of aliphatic carboxylic acids is 1. The van der Waals surface area contributed by atoms with Crippen molar-refractivity contribution >= 4 is 23.3 Å². The lowest BCUT2D eigenvalue weighted by Gasteiger charge is -2.51. The molecule has 0 aromatic heterocycles. The summed E-state index contributed by atoms with van der Waals surface area (Å²) in [4.78, 5) is 41.1. The zero-order chi connectivity index (χ0) is 29.6. The molecular weight excluding hydrogens is 528 g/mol. The molecule has 2 unspecified atom stereocenters. The summed E-state index contributed by atoms with van der Waals surface area (Å²) < 4.78 is 23.6. The van der Waals surface area contributed by atoms with Crippen molar-refractivity contribution < 1.29 is 38.4 Å². The smallest absolute Gasteiger partial charge is 0.344 e. The van der Waals surface area contributed by atoms with E-state index in [0.29, 0.717) is 60.2 Å². The lowest BCUT2D eigenvalue weighted by molar-refractivity contribution is -0.164. The number of methoxy groups -OCH3 is 1. The van der Waals surface area contributed by atoms with Crippen LogP contribution in [0.25, 0.3) is 0 Å². The van der Waals surface area contributed by atoms with Crippen LogP contribution in [0.2, 0.25) is 0 Å². The number of carbonyl (C=O) groups excluding carboxylic acids is 2. The summed E-state index contributed by atoms with van der Waals surface area (Å²) in [5, 5.41) is 13.8. The largest absolute Gasteiger partial charge is 0.497 e. The van der Waals surface area contributed by atoms with Crippen molar-refractivity contribution in [2.75, 3.05) is 46.6 Å². The van der Waals surface area contributed by atoms with Crippen LogP contribution >= 0.6 is 0 Å². The molecule has 1 amide bonds. The van der Waals surface area contributed by atoms with Crippen LogP contribution < -0.4 is 24.0 Å². The van der Waals surface area contributed by atoms with E-state index in [1.54, 1.807) is 13.2 Å². The molecule has 0 saturated carbocycles. The number of piperidine rings is 1. The molecule has 2 N–H and O–H groups in total. The quantitative estimate of drug-likeness (QED) is 0.399. The van der Waals surface area contributed by atoms with E-state index in [-0.39, 0.29) is 30.1 Å². The van der Waals surface area contributed by atoms with Crippen LogP contribution in [0.15, 0.2) is 36.4 Å². The number of hydrogen-bond acceptors (Lipinski definition) is 8. The summed E-state index contributed by atoms with van der Waals surface area (Å²) in [5.41, 5.74) is -0.299. The van der Waals surface area contributed by atoms with Gasteiger partial charge in [0.15, 0.2) is 29.3 Å². The highest BCUT2D eigenvalue weighted by atomic mass is 16.6.